The molecule has 3 rings (SSSR count). The highest BCUT2D eigenvalue weighted by atomic mass is 28.3. The largest absolute Gasteiger partial charge is 0.422 e. The van der Waals surface area contributed by atoms with Crippen molar-refractivity contribution in [2.24, 2.45) is 0 Å². The molecule has 0 fully saturated rings. The van der Waals surface area contributed by atoms with Crippen LogP contribution in [0.3, 0.4) is 0 Å². The molecule has 1 atom stereocenters. The number of carbonyl (C=O) groups is 3. The topological polar surface area (TPSA) is 66.5 Å². The van der Waals surface area contributed by atoms with Gasteiger partial charge in [-0.25, -0.2) is 17.6 Å². The fourth-order valence-corrected chi connectivity index (χ4v) is 11.0. The van der Waals surface area contributed by atoms with Gasteiger partial charge in [-0.15, -0.1) is 11.5 Å². The summed E-state index contributed by atoms with van der Waals surface area (Å²) >= 11 is 0. The van der Waals surface area contributed by atoms with Crippen molar-refractivity contribution in [2.45, 2.75) is 76.8 Å². The highest BCUT2D eigenvalue weighted by molar-refractivity contribution is 6.90. The van der Waals surface area contributed by atoms with Gasteiger partial charge in [0.2, 0.25) is 5.91 Å². The average molecular weight is 615 g/mol. The van der Waals surface area contributed by atoms with Crippen LogP contribution >= 0.6 is 0 Å². The number of halogens is 7. The van der Waals surface area contributed by atoms with Crippen LogP contribution in [0.4, 0.5) is 36.4 Å². The first kappa shape index (κ1) is 32.8. The Kier molecular flexibility index (Phi) is 9.31. The number of amides is 3. The standard InChI is InChI=1S/C29H29F7N2O3Si/c1-14(2)42(15(3)4,16(5)6)13-9-12-19(38-27(40)17-10-7-8-11-18(17)28(38)41)26(39)37-25-23(32)21(30)20(29(34,35)36)22(31)24(25)33/h7-8,10-11,14-16,19H,12H2,1-6H3,(H,37,39)/t19-/m0/s1. The first-order valence-corrected chi connectivity index (χ1v) is 15.3. The number of imide groups is 1. The van der Waals surface area contributed by atoms with E-state index in [0.29, 0.717) is 4.90 Å². The fourth-order valence-electron chi connectivity index (χ4n) is 5.72. The number of hydrogen-bond acceptors (Lipinski definition) is 3. The van der Waals surface area contributed by atoms with Gasteiger partial charge in [0, 0.05) is 6.42 Å². The monoisotopic (exact) mass is 614 g/mol. The summed E-state index contributed by atoms with van der Waals surface area (Å²) < 4.78 is 96.7. The van der Waals surface area contributed by atoms with Gasteiger partial charge in [-0.05, 0) is 28.8 Å². The molecule has 0 aromatic heterocycles. The summed E-state index contributed by atoms with van der Waals surface area (Å²) in [6, 6.07) is 3.73. The molecule has 13 heteroatoms. The lowest BCUT2D eigenvalue weighted by atomic mass is 10.1. The number of hydrogen-bond donors (Lipinski definition) is 1. The van der Waals surface area contributed by atoms with Crippen LogP contribution in [0.5, 0.6) is 0 Å². The summed E-state index contributed by atoms with van der Waals surface area (Å²) in [4.78, 5) is 40.3. The molecule has 0 saturated carbocycles. The van der Waals surface area contributed by atoms with Crippen LogP contribution in [0.1, 0.15) is 74.2 Å². The zero-order valence-electron chi connectivity index (χ0n) is 23.6. The predicted octanol–water partition coefficient (Wildman–Crippen LogP) is 7.48. The van der Waals surface area contributed by atoms with Gasteiger partial charge in [-0.2, -0.15) is 13.2 Å². The minimum atomic E-state index is -5.78. The average Bonchev–Trinajstić information content (AvgIpc) is 3.14. The molecule has 1 heterocycles. The van der Waals surface area contributed by atoms with Crippen LogP contribution in [-0.4, -0.2) is 36.7 Å². The lowest BCUT2D eigenvalue weighted by molar-refractivity contribution is -0.143. The molecule has 1 aliphatic heterocycles. The molecule has 226 valence electrons. The van der Waals surface area contributed by atoms with E-state index in [9.17, 15) is 45.1 Å². The van der Waals surface area contributed by atoms with Gasteiger partial charge in [0.25, 0.3) is 11.8 Å². The Labute approximate surface area is 239 Å². The molecule has 5 nitrogen and oxygen atoms in total. The molecule has 0 unspecified atom stereocenters. The number of rotatable bonds is 7. The van der Waals surface area contributed by atoms with Crippen molar-refractivity contribution in [1.82, 2.24) is 4.90 Å². The molecular weight excluding hydrogens is 585 g/mol. The van der Waals surface area contributed by atoms with Crippen molar-refractivity contribution in [3.8, 4) is 11.5 Å². The quantitative estimate of drug-likeness (QED) is 0.116. The highest BCUT2D eigenvalue weighted by Crippen LogP contribution is 2.41. The van der Waals surface area contributed by atoms with Gasteiger partial charge in [0.05, 0.1) is 11.1 Å². The molecule has 0 radical (unpaired) electrons. The zero-order chi connectivity index (χ0) is 31.9. The van der Waals surface area contributed by atoms with Crippen LogP contribution in [0, 0.1) is 34.7 Å². The Morgan fingerprint density at radius 2 is 1.26 bits per heavy atom. The van der Waals surface area contributed by atoms with E-state index < -0.39 is 79.0 Å². The normalized spacial score (nSPS) is 14.4. The van der Waals surface area contributed by atoms with Gasteiger partial charge < -0.3 is 5.32 Å². The SMILES string of the molecule is CC(C)[Si](C#CC[C@@H](C(=O)Nc1c(F)c(F)c(C(F)(F)F)c(F)c1F)N1C(=O)c2ccccc2C1=O)(C(C)C)C(C)C. The summed E-state index contributed by atoms with van der Waals surface area (Å²) in [6.07, 6.45) is -6.30. The zero-order valence-corrected chi connectivity index (χ0v) is 24.6. The van der Waals surface area contributed by atoms with Crippen molar-refractivity contribution in [3.63, 3.8) is 0 Å². The van der Waals surface area contributed by atoms with E-state index in [1.54, 1.807) is 5.32 Å². The van der Waals surface area contributed by atoms with E-state index in [2.05, 4.69) is 11.5 Å². The molecule has 3 amide bonds. The molecule has 42 heavy (non-hydrogen) atoms. The summed E-state index contributed by atoms with van der Waals surface area (Å²) in [5.74, 6) is -11.0. The molecule has 2 aromatic carbocycles. The number of fused-ring (bicyclic) bond motifs is 1. The minimum absolute atomic E-state index is 0.0625. The van der Waals surface area contributed by atoms with E-state index >= 15 is 0 Å². The molecule has 2 aromatic rings. The first-order chi connectivity index (χ1) is 19.4. The second kappa shape index (κ2) is 11.9. The van der Waals surface area contributed by atoms with Gasteiger partial charge in [0.1, 0.15) is 25.4 Å². The van der Waals surface area contributed by atoms with E-state index in [1.807, 2.05) is 41.5 Å². The molecule has 0 aliphatic carbocycles. The van der Waals surface area contributed by atoms with Crippen LogP contribution in [-0.2, 0) is 11.0 Å². The number of nitrogens with one attached hydrogen (secondary N) is 1. The maximum Gasteiger partial charge on any atom is 0.422 e. The number of anilines is 1. The Bertz CT molecular complexity index is 1410. The van der Waals surface area contributed by atoms with E-state index in [4.69, 9.17) is 0 Å². The van der Waals surface area contributed by atoms with E-state index in [1.165, 1.54) is 24.3 Å². The van der Waals surface area contributed by atoms with Crippen molar-refractivity contribution in [1.29, 1.82) is 0 Å². The number of benzene rings is 2. The Hall–Kier alpha value is -3.66. The van der Waals surface area contributed by atoms with Crippen LogP contribution in [0.2, 0.25) is 16.6 Å². The maximum atomic E-state index is 14.6. The molecule has 1 N–H and O–H groups in total. The summed E-state index contributed by atoms with van der Waals surface area (Å²) in [6.45, 7) is 12.1. The lowest BCUT2D eigenvalue weighted by Crippen LogP contribution is -2.47. The third-order valence-corrected chi connectivity index (χ3v) is 14.0. The fraction of sp³-hybridized carbons (Fsp3) is 0.414. The van der Waals surface area contributed by atoms with Crippen molar-refractivity contribution in [2.75, 3.05) is 5.32 Å². The van der Waals surface area contributed by atoms with Crippen molar-refractivity contribution >= 4 is 31.5 Å². The number of alkyl halides is 3. The highest BCUT2D eigenvalue weighted by Gasteiger charge is 2.46. The van der Waals surface area contributed by atoms with E-state index in [0.717, 1.165) is 0 Å². The molecule has 0 bridgehead atoms. The Morgan fingerprint density at radius 1 is 0.833 bits per heavy atom. The molecule has 0 saturated heterocycles. The smallest absolute Gasteiger partial charge is 0.319 e. The van der Waals surface area contributed by atoms with Crippen molar-refractivity contribution in [3.05, 3.63) is 64.2 Å². The number of nitrogens with zero attached hydrogens (tertiary/aromatic N) is 1. The molecule has 0 spiro atoms. The van der Waals surface area contributed by atoms with Gasteiger partial charge in [-0.1, -0.05) is 53.7 Å². The third kappa shape index (κ3) is 5.56. The van der Waals surface area contributed by atoms with Gasteiger partial charge in [-0.3, -0.25) is 19.3 Å². The minimum Gasteiger partial charge on any atom is -0.319 e. The summed E-state index contributed by atoms with van der Waals surface area (Å²) in [5.41, 5.74) is -1.04. The maximum absolute atomic E-state index is 14.6. The first-order valence-electron chi connectivity index (χ1n) is 13.1. The van der Waals surface area contributed by atoms with Crippen LogP contribution in [0.15, 0.2) is 24.3 Å². The predicted molar refractivity (Wildman–Crippen MR) is 144 cm³/mol. The van der Waals surface area contributed by atoms with Crippen molar-refractivity contribution < 1.29 is 45.1 Å². The third-order valence-electron chi connectivity index (χ3n) is 7.70. The second-order valence-electron chi connectivity index (χ2n) is 10.9. The van der Waals surface area contributed by atoms with Crippen LogP contribution in [0.25, 0.3) is 0 Å². The summed E-state index contributed by atoms with van der Waals surface area (Å²) in [7, 11) is -2.40. The Balaban J connectivity index is 2.13. The van der Waals surface area contributed by atoms with Gasteiger partial charge in [0.15, 0.2) is 23.3 Å². The van der Waals surface area contributed by atoms with Crippen LogP contribution < -0.4 is 5.32 Å². The van der Waals surface area contributed by atoms with Gasteiger partial charge >= 0.3 is 6.18 Å². The van der Waals surface area contributed by atoms with E-state index in [-0.39, 0.29) is 27.8 Å². The Morgan fingerprint density at radius 3 is 1.64 bits per heavy atom. The summed E-state index contributed by atoms with van der Waals surface area (Å²) in [5, 5.41) is 1.56. The second-order valence-corrected chi connectivity index (χ2v) is 16.5. The lowest BCUT2D eigenvalue weighted by Gasteiger charge is -2.38. The molecular formula is C29H29F7N2O3Si. The number of carbonyl (C=O) groups excluding carboxylic acids is 3. The molecule has 1 aliphatic rings.